The largest absolute Gasteiger partial charge is 0.460 e. The van der Waals surface area contributed by atoms with Crippen molar-refractivity contribution in [1.82, 2.24) is 19.9 Å². The SMILES string of the molecule is FC(F)(F)C(F)(F)C(F)(F)c1nc2c(P(c3ccccc3)c3ccccc3)cc3c4cc(P(c5ccccc5)c5ccccc5)c5nc(C(F)(F)C(F)(F)C(F)(F)F)nc6c(P(c7ccccc7)c7ccccc7)cc(c7cc(P(c8ccccc8)c8ccccc8)c(n1)c2c37)c4c56. The van der Waals surface area contributed by atoms with Gasteiger partial charge in [0.05, 0.1) is 22.1 Å². The van der Waals surface area contributed by atoms with Gasteiger partial charge in [0.1, 0.15) is 0 Å². The van der Waals surface area contributed by atoms with E-state index < -0.39 is 101 Å². The first kappa shape index (κ1) is 64.8. The molecule has 0 amide bonds. The zero-order valence-corrected chi connectivity index (χ0v) is 53.9. The molecule has 0 saturated heterocycles. The van der Waals surface area contributed by atoms with Crippen LogP contribution >= 0.6 is 31.7 Å². The standard InChI is InChI=1S/C76H44F14N4P4/c77-71(78,73(81,82)75(85,86)87)69-91-65-57(95(45-25-9-1-10-26-45)46-27-11-2-12-28-46)41-53-54-42-59(97(49-33-17-5-18-34-49)50-35-19-6-20-36-50)67-64-62(54)56(55-43-58(66(92-69)63(65)61(53)55)96(47-29-13-3-14-30-47)48-31-15-4-16-32-48)44-60(98(51-37-21-7-22-38-51)52-39-23-8-24-40-52)68(64)94-70(93-67)72(79,80)74(83,84)76(88,89)90/h1-44H. The quantitative estimate of drug-likeness (QED) is 0.0419. The molecule has 98 heavy (non-hydrogen) atoms. The lowest BCUT2D eigenvalue weighted by Gasteiger charge is -2.31. The summed E-state index contributed by atoms with van der Waals surface area (Å²) in [6.45, 7) is 0. The van der Waals surface area contributed by atoms with Gasteiger partial charge in [-0.3, -0.25) is 0 Å². The van der Waals surface area contributed by atoms with Crippen LogP contribution in [0.1, 0.15) is 11.6 Å². The predicted molar refractivity (Wildman–Crippen MR) is 370 cm³/mol. The monoisotopic (exact) mass is 1400 g/mol. The number of halogens is 14. The Morgan fingerprint density at radius 3 is 0.531 bits per heavy atom. The molecule has 0 fully saturated rings. The minimum absolute atomic E-state index is 0.0264. The van der Waals surface area contributed by atoms with Crippen molar-refractivity contribution in [3.8, 4) is 0 Å². The number of hydrogen-bond donors (Lipinski definition) is 0. The summed E-state index contributed by atoms with van der Waals surface area (Å²) in [6.07, 6.45) is -13.7. The fourth-order valence-corrected chi connectivity index (χ4v) is 22.6. The highest BCUT2D eigenvalue weighted by atomic mass is 31.1. The van der Waals surface area contributed by atoms with E-state index in [1.807, 2.05) is 0 Å². The van der Waals surface area contributed by atoms with Crippen LogP contribution in [-0.2, 0) is 11.8 Å². The molecule has 0 aliphatic heterocycles. The van der Waals surface area contributed by atoms with Crippen LogP contribution in [0.4, 0.5) is 61.5 Å². The third-order valence-electron chi connectivity index (χ3n) is 17.2. The summed E-state index contributed by atoms with van der Waals surface area (Å²) in [4.78, 5) is 17.4. The number of hydrogen-bond acceptors (Lipinski definition) is 4. The van der Waals surface area contributed by atoms with Crippen LogP contribution in [0.5, 0.6) is 0 Å². The summed E-state index contributed by atoms with van der Waals surface area (Å²) < 4.78 is 222. The summed E-state index contributed by atoms with van der Waals surface area (Å²) in [6, 6.07) is 75.7. The average Bonchev–Trinajstić information content (AvgIpc) is 0.676. The Morgan fingerprint density at radius 2 is 0.378 bits per heavy atom. The Bertz CT molecular complexity index is 4660. The van der Waals surface area contributed by atoms with E-state index in [1.54, 1.807) is 267 Å². The highest BCUT2D eigenvalue weighted by Gasteiger charge is 2.76. The molecule has 15 aromatic rings. The van der Waals surface area contributed by atoms with Crippen LogP contribution in [0.2, 0.25) is 0 Å². The third kappa shape index (κ3) is 10.5. The first-order valence-corrected chi connectivity index (χ1v) is 35.6. The molecule has 0 atom stereocenters. The Morgan fingerprint density at radius 1 is 0.214 bits per heavy atom. The van der Waals surface area contributed by atoms with Crippen LogP contribution in [0, 0.1) is 0 Å². The van der Waals surface area contributed by atoms with E-state index in [9.17, 15) is 26.3 Å². The van der Waals surface area contributed by atoms with Gasteiger partial charge in [-0.2, -0.15) is 61.5 Å². The van der Waals surface area contributed by atoms with Gasteiger partial charge in [0.15, 0.2) is 0 Å². The highest BCUT2D eigenvalue weighted by Crippen LogP contribution is 2.56. The van der Waals surface area contributed by atoms with E-state index in [0.717, 1.165) is 0 Å². The van der Waals surface area contributed by atoms with Gasteiger partial charge >= 0.3 is 36.0 Å². The Kier molecular flexibility index (Phi) is 16.1. The van der Waals surface area contributed by atoms with Crippen LogP contribution < -0.4 is 63.7 Å². The lowest BCUT2D eigenvalue weighted by Crippen LogP contribution is -2.51. The summed E-state index contributed by atoms with van der Waals surface area (Å²) in [5.74, 6) is -30.0. The van der Waals surface area contributed by atoms with Gasteiger partial charge in [-0.05, 0) is 120 Å². The Labute approximate surface area is 553 Å². The molecule has 15 rings (SSSR count). The molecule has 0 aliphatic carbocycles. The van der Waals surface area contributed by atoms with Crippen molar-refractivity contribution in [2.75, 3.05) is 0 Å². The molecule has 0 radical (unpaired) electrons. The molecule has 13 aromatic carbocycles. The second-order valence-corrected chi connectivity index (χ2v) is 31.8. The van der Waals surface area contributed by atoms with Gasteiger partial charge in [-0.15, -0.1) is 0 Å². The number of fused-ring (bicyclic) bond motifs is 2. The first-order valence-electron chi connectivity index (χ1n) is 30.2. The molecular formula is C76H44F14N4P4. The summed E-state index contributed by atoms with van der Waals surface area (Å²) in [5.41, 5.74) is -1.62. The van der Waals surface area contributed by atoms with Crippen LogP contribution in [0.3, 0.4) is 0 Å². The van der Waals surface area contributed by atoms with Gasteiger partial charge < -0.3 is 0 Å². The van der Waals surface area contributed by atoms with E-state index in [0.29, 0.717) is 42.4 Å². The minimum Gasteiger partial charge on any atom is -0.226 e. The number of aromatic nitrogens is 4. The molecule has 4 nitrogen and oxygen atoms in total. The Balaban J connectivity index is 1.26. The molecule has 0 bridgehead atoms. The fraction of sp³-hybridized carbons (Fsp3) is 0.0789. The van der Waals surface area contributed by atoms with Crippen LogP contribution in [-0.4, -0.2) is 44.1 Å². The van der Waals surface area contributed by atoms with Crippen molar-refractivity contribution >= 4 is 160 Å². The molecule has 0 unspecified atom stereocenters. The average molecular weight is 1400 g/mol. The zero-order chi connectivity index (χ0) is 68.3. The van der Waals surface area contributed by atoms with Gasteiger partial charge in [0.25, 0.3) is 0 Å². The lowest BCUT2D eigenvalue weighted by molar-refractivity contribution is -0.361. The fourth-order valence-electron chi connectivity index (χ4n) is 12.8. The topological polar surface area (TPSA) is 51.6 Å². The second kappa shape index (κ2) is 24.4. The number of benzene rings is 13. The van der Waals surface area contributed by atoms with Crippen LogP contribution in [0.25, 0.3) is 65.2 Å². The van der Waals surface area contributed by atoms with Crippen molar-refractivity contribution in [2.45, 2.75) is 36.0 Å². The van der Waals surface area contributed by atoms with Gasteiger partial charge in [0, 0.05) is 42.8 Å². The van der Waals surface area contributed by atoms with Crippen molar-refractivity contribution in [3.05, 3.63) is 279 Å². The molecule has 2 heterocycles. The Hall–Kier alpha value is -9.16. The zero-order valence-electron chi connectivity index (χ0n) is 50.3. The number of alkyl halides is 14. The van der Waals surface area contributed by atoms with E-state index in [1.165, 1.54) is 0 Å². The van der Waals surface area contributed by atoms with Crippen LogP contribution in [0.15, 0.2) is 267 Å². The van der Waals surface area contributed by atoms with E-state index in [2.05, 4.69) is 19.9 Å². The molecule has 0 spiro atoms. The van der Waals surface area contributed by atoms with Crippen molar-refractivity contribution in [3.63, 3.8) is 0 Å². The van der Waals surface area contributed by atoms with Gasteiger partial charge in [0.2, 0.25) is 11.6 Å². The van der Waals surface area contributed by atoms with E-state index >= 15 is 35.1 Å². The maximum atomic E-state index is 17.3. The van der Waals surface area contributed by atoms with E-state index in [4.69, 9.17) is 0 Å². The number of nitrogens with zero attached hydrogens (tertiary/aromatic N) is 4. The molecule has 486 valence electrons. The van der Waals surface area contributed by atoms with Gasteiger partial charge in [-0.25, -0.2) is 19.9 Å². The first-order chi connectivity index (χ1) is 47.0. The van der Waals surface area contributed by atoms with Crippen molar-refractivity contribution in [2.24, 2.45) is 0 Å². The normalized spacial score (nSPS) is 13.2. The molecule has 2 aromatic heterocycles. The number of rotatable bonds is 16. The maximum absolute atomic E-state index is 17.3. The molecule has 0 aliphatic rings. The minimum atomic E-state index is -6.83. The molecule has 0 N–H and O–H groups in total. The smallest absolute Gasteiger partial charge is 0.226 e. The summed E-state index contributed by atoms with van der Waals surface area (Å²) in [7, 11) is -8.63. The lowest BCUT2D eigenvalue weighted by atomic mass is 9.88. The summed E-state index contributed by atoms with van der Waals surface area (Å²) in [5, 5.41) is 6.00. The predicted octanol–water partition coefficient (Wildman–Crippen LogP) is 16.7. The van der Waals surface area contributed by atoms with Gasteiger partial charge in [-0.1, -0.05) is 243 Å². The van der Waals surface area contributed by atoms with Crippen molar-refractivity contribution in [1.29, 1.82) is 0 Å². The second-order valence-electron chi connectivity index (χ2n) is 23.1. The summed E-state index contributed by atoms with van der Waals surface area (Å²) >= 11 is 0. The maximum Gasteiger partial charge on any atom is 0.460 e. The van der Waals surface area contributed by atoms with E-state index in [-0.39, 0.29) is 64.3 Å². The molecule has 22 heteroatoms. The third-order valence-corrected chi connectivity index (χ3v) is 27.0. The highest BCUT2D eigenvalue weighted by molar-refractivity contribution is 7.81. The molecular weight excluding hydrogens is 1360 g/mol. The van der Waals surface area contributed by atoms with Crippen molar-refractivity contribution < 1.29 is 61.5 Å². The molecule has 0 saturated carbocycles.